The number of benzene rings is 8. The molecule has 0 fully saturated rings. The molecule has 0 spiro atoms. The summed E-state index contributed by atoms with van der Waals surface area (Å²) in [5.74, 6) is 3.65. The van der Waals surface area contributed by atoms with E-state index in [0.29, 0.717) is 0 Å². The summed E-state index contributed by atoms with van der Waals surface area (Å²) in [5.41, 5.74) is 9.45. The van der Waals surface area contributed by atoms with Gasteiger partial charge in [-0.15, -0.1) is 0 Å². The fraction of sp³-hybridized carbons (Fsp3) is 0. The minimum absolute atomic E-state index is 0.901. The first-order chi connectivity index (χ1) is 21.8. The summed E-state index contributed by atoms with van der Waals surface area (Å²) in [6.07, 6.45) is 0. The number of ether oxygens (including phenoxy) is 2. The largest absolute Gasteiger partial charge is 0.456 e. The van der Waals surface area contributed by atoms with Crippen molar-refractivity contribution in [1.29, 1.82) is 0 Å². The first-order valence-corrected chi connectivity index (χ1v) is 15.0. The van der Waals surface area contributed by atoms with Crippen molar-refractivity contribution in [1.82, 2.24) is 0 Å². The van der Waals surface area contributed by atoms with Crippen LogP contribution in [0, 0.1) is 0 Å². The molecule has 204 valence electrons. The van der Waals surface area contributed by atoms with Crippen molar-refractivity contribution in [2.24, 2.45) is 0 Å². The van der Waals surface area contributed by atoms with Crippen LogP contribution in [-0.4, -0.2) is 0 Å². The van der Waals surface area contributed by atoms with Gasteiger partial charge in [-0.2, -0.15) is 0 Å². The van der Waals surface area contributed by atoms with Gasteiger partial charge in [0.1, 0.15) is 23.0 Å². The van der Waals surface area contributed by atoms with Crippen LogP contribution in [0.25, 0.3) is 76.8 Å². The standard InChI is InChI=1S/C42H24O2/c1-2-12-37-32(8-1)36-11-5-10-34-31(20-21-39(43-37)42(34)36)30-17-16-26-22-27(14-15-28(26)23-30)29-18-19-33-35-9-3-6-25-7-4-13-38(41(25)35)44-40(33)24-29/h1-24H. The lowest BCUT2D eigenvalue weighted by atomic mass is 9.89. The average molecular weight is 561 g/mol. The molecule has 0 aliphatic carbocycles. The van der Waals surface area contributed by atoms with E-state index in [1.54, 1.807) is 0 Å². The van der Waals surface area contributed by atoms with Crippen molar-refractivity contribution in [3.8, 4) is 67.5 Å². The van der Waals surface area contributed by atoms with E-state index in [2.05, 4.69) is 133 Å². The fourth-order valence-corrected chi connectivity index (χ4v) is 7.17. The lowest BCUT2D eigenvalue weighted by molar-refractivity contribution is 0.487. The van der Waals surface area contributed by atoms with Crippen molar-refractivity contribution in [3.05, 3.63) is 146 Å². The molecular weight excluding hydrogens is 536 g/mol. The van der Waals surface area contributed by atoms with E-state index >= 15 is 0 Å². The van der Waals surface area contributed by atoms with Crippen molar-refractivity contribution >= 4 is 32.3 Å². The molecule has 0 amide bonds. The minimum Gasteiger partial charge on any atom is -0.456 e. The molecule has 0 saturated carbocycles. The molecule has 2 nitrogen and oxygen atoms in total. The molecule has 2 aliphatic rings. The number of para-hydroxylation sites is 1. The minimum atomic E-state index is 0.901. The second kappa shape index (κ2) is 8.82. The Hall–Kier alpha value is -5.86. The molecule has 2 heterocycles. The number of fused-ring (bicyclic) bond motifs is 5. The Kier molecular flexibility index (Phi) is 4.75. The van der Waals surface area contributed by atoms with E-state index < -0.39 is 0 Å². The summed E-state index contributed by atoms with van der Waals surface area (Å²) < 4.78 is 12.8. The smallest absolute Gasteiger partial charge is 0.135 e. The van der Waals surface area contributed by atoms with Crippen LogP contribution in [-0.2, 0) is 0 Å². The van der Waals surface area contributed by atoms with E-state index in [0.717, 1.165) is 39.7 Å². The summed E-state index contributed by atoms with van der Waals surface area (Å²) in [7, 11) is 0. The highest BCUT2D eigenvalue weighted by Gasteiger charge is 2.22. The van der Waals surface area contributed by atoms with Crippen LogP contribution in [0.5, 0.6) is 23.0 Å². The average Bonchev–Trinajstić information content (AvgIpc) is 3.08. The predicted octanol–water partition coefficient (Wildman–Crippen LogP) is 12.0. The zero-order chi connectivity index (χ0) is 28.8. The topological polar surface area (TPSA) is 18.5 Å². The van der Waals surface area contributed by atoms with E-state index in [-0.39, 0.29) is 0 Å². The maximum Gasteiger partial charge on any atom is 0.135 e. The van der Waals surface area contributed by atoms with Crippen molar-refractivity contribution in [3.63, 3.8) is 0 Å². The number of rotatable bonds is 2. The fourth-order valence-electron chi connectivity index (χ4n) is 7.17. The molecular formula is C42H24O2. The van der Waals surface area contributed by atoms with Crippen LogP contribution >= 0.6 is 0 Å². The molecule has 0 N–H and O–H groups in total. The zero-order valence-electron chi connectivity index (χ0n) is 23.7. The first-order valence-electron chi connectivity index (χ1n) is 15.0. The highest BCUT2D eigenvalue weighted by molar-refractivity contribution is 6.10. The summed E-state index contributed by atoms with van der Waals surface area (Å²) in [4.78, 5) is 0. The van der Waals surface area contributed by atoms with Crippen molar-refractivity contribution in [2.75, 3.05) is 0 Å². The molecule has 0 atom stereocenters. The van der Waals surface area contributed by atoms with Crippen LogP contribution in [0.3, 0.4) is 0 Å². The number of hydrogen-bond donors (Lipinski definition) is 0. The predicted molar refractivity (Wildman–Crippen MR) is 181 cm³/mol. The molecule has 2 aliphatic heterocycles. The maximum atomic E-state index is 6.44. The van der Waals surface area contributed by atoms with Crippen molar-refractivity contribution < 1.29 is 9.47 Å². The van der Waals surface area contributed by atoms with Crippen LogP contribution in [0.1, 0.15) is 0 Å². The van der Waals surface area contributed by atoms with Gasteiger partial charge in [0.25, 0.3) is 0 Å². The third-order valence-electron chi connectivity index (χ3n) is 9.24. The SMILES string of the molecule is c1ccc2c(c1)Oc1ccc(-c3ccc4cc(-c5ccc6c(c5)Oc5cccc7cccc-6c57)ccc4c3)c3cccc-2c13. The van der Waals surface area contributed by atoms with Crippen LogP contribution in [0.15, 0.2) is 146 Å². The highest BCUT2D eigenvalue weighted by atomic mass is 16.5. The summed E-state index contributed by atoms with van der Waals surface area (Å²) in [6.45, 7) is 0. The first kappa shape index (κ1) is 23.7. The Labute approximate surface area is 254 Å². The summed E-state index contributed by atoms with van der Waals surface area (Å²) >= 11 is 0. The van der Waals surface area contributed by atoms with Crippen LogP contribution in [0.4, 0.5) is 0 Å². The third-order valence-corrected chi connectivity index (χ3v) is 9.24. The third kappa shape index (κ3) is 3.37. The van der Waals surface area contributed by atoms with Gasteiger partial charge >= 0.3 is 0 Å². The van der Waals surface area contributed by atoms with E-state index in [4.69, 9.17) is 9.47 Å². The molecule has 10 rings (SSSR count). The number of hydrogen-bond acceptors (Lipinski definition) is 2. The molecule has 8 aromatic rings. The quantitative estimate of drug-likeness (QED) is 0.209. The molecule has 0 bridgehead atoms. The van der Waals surface area contributed by atoms with Gasteiger partial charge in [0.05, 0.1) is 0 Å². The van der Waals surface area contributed by atoms with E-state index in [9.17, 15) is 0 Å². The monoisotopic (exact) mass is 560 g/mol. The van der Waals surface area contributed by atoms with Gasteiger partial charge in [0.15, 0.2) is 0 Å². The lowest BCUT2D eigenvalue weighted by Gasteiger charge is -2.22. The van der Waals surface area contributed by atoms with Gasteiger partial charge in [-0.25, -0.2) is 0 Å². The highest BCUT2D eigenvalue weighted by Crippen LogP contribution is 2.49. The van der Waals surface area contributed by atoms with Gasteiger partial charge in [0, 0.05) is 21.9 Å². The second-order valence-electron chi connectivity index (χ2n) is 11.7. The Balaban J connectivity index is 1.05. The molecule has 0 radical (unpaired) electrons. The molecule has 2 heteroatoms. The Morgan fingerprint density at radius 3 is 1.80 bits per heavy atom. The van der Waals surface area contributed by atoms with E-state index in [1.807, 2.05) is 12.1 Å². The Morgan fingerprint density at radius 2 is 0.886 bits per heavy atom. The van der Waals surface area contributed by atoms with Gasteiger partial charge in [-0.1, -0.05) is 103 Å². The van der Waals surface area contributed by atoms with Gasteiger partial charge in [-0.3, -0.25) is 0 Å². The molecule has 44 heavy (non-hydrogen) atoms. The molecule has 0 unspecified atom stereocenters. The molecule has 8 aromatic carbocycles. The van der Waals surface area contributed by atoms with Gasteiger partial charge in [-0.05, 0) is 97.4 Å². The normalized spacial score (nSPS) is 12.5. The zero-order valence-corrected chi connectivity index (χ0v) is 23.7. The summed E-state index contributed by atoms with van der Waals surface area (Å²) in [6, 6.07) is 52.0. The van der Waals surface area contributed by atoms with Gasteiger partial charge in [0.2, 0.25) is 0 Å². The van der Waals surface area contributed by atoms with Crippen LogP contribution < -0.4 is 9.47 Å². The summed E-state index contributed by atoms with van der Waals surface area (Å²) in [5, 5.41) is 7.19. The molecule has 0 aromatic heterocycles. The molecule has 0 saturated heterocycles. The maximum absolute atomic E-state index is 6.44. The van der Waals surface area contributed by atoms with Crippen LogP contribution in [0.2, 0.25) is 0 Å². The second-order valence-corrected chi connectivity index (χ2v) is 11.7. The van der Waals surface area contributed by atoms with Gasteiger partial charge < -0.3 is 9.47 Å². The lowest BCUT2D eigenvalue weighted by Crippen LogP contribution is -1.97. The van der Waals surface area contributed by atoms with Crippen molar-refractivity contribution in [2.45, 2.75) is 0 Å². The Morgan fingerprint density at radius 1 is 0.295 bits per heavy atom. The van der Waals surface area contributed by atoms with E-state index in [1.165, 1.54) is 60.1 Å². The Bertz CT molecular complexity index is 2500.